The van der Waals surface area contributed by atoms with Gasteiger partial charge in [-0.3, -0.25) is 4.57 Å². The monoisotopic (exact) mass is 301 g/mol. The number of halogens is 1. The predicted molar refractivity (Wildman–Crippen MR) is 69.2 cm³/mol. The number of nitrogens with zero attached hydrogens (tertiary/aromatic N) is 5. The highest BCUT2D eigenvalue weighted by atomic mass is 35.7. The maximum atomic E-state index is 11.3. The third kappa shape index (κ3) is 2.59. The summed E-state index contributed by atoms with van der Waals surface area (Å²) in [7, 11) is 2.91. The molecule has 2 heterocycles. The zero-order valence-corrected chi connectivity index (χ0v) is 12.2. The van der Waals surface area contributed by atoms with Gasteiger partial charge in [0.1, 0.15) is 0 Å². The van der Waals surface area contributed by atoms with Crippen LogP contribution in [0.5, 0.6) is 0 Å². The summed E-state index contributed by atoms with van der Waals surface area (Å²) in [6.45, 7) is 3.73. The first-order chi connectivity index (χ1) is 8.84. The largest absolute Gasteiger partial charge is 0.300 e. The lowest BCUT2D eigenvalue weighted by Gasteiger charge is -2.06. The number of rotatable bonds is 3. The third-order valence-corrected chi connectivity index (χ3v) is 3.83. The Morgan fingerprint density at radius 1 is 1.26 bits per heavy atom. The molecule has 0 N–H and O–H groups in total. The predicted octanol–water partition coefficient (Wildman–Crippen LogP) is 1.07. The molecule has 2 rings (SSSR count). The highest BCUT2D eigenvalue weighted by molar-refractivity contribution is 8.13. The normalized spacial score (nSPS) is 11.8. The molecule has 0 fully saturated rings. The average molecular weight is 302 g/mol. The Bertz CT molecular complexity index is 726. The lowest BCUT2D eigenvalue weighted by molar-refractivity contribution is 0.593. The van der Waals surface area contributed by atoms with Crippen molar-refractivity contribution in [3.05, 3.63) is 17.5 Å². The zero-order chi connectivity index (χ0) is 14.2. The molecule has 0 amide bonds. The maximum Gasteiger partial charge on any atom is 0.296 e. The number of hydrogen-bond acceptors (Lipinski definition) is 6. The van der Waals surface area contributed by atoms with Crippen LogP contribution in [0, 0.1) is 6.92 Å². The minimum Gasteiger partial charge on any atom is -0.300 e. The lowest BCUT2D eigenvalue weighted by atomic mass is 10.1. The molecular formula is C10H12ClN5O2S. The van der Waals surface area contributed by atoms with Crippen molar-refractivity contribution in [2.75, 3.05) is 0 Å². The summed E-state index contributed by atoms with van der Waals surface area (Å²) in [5, 5.41) is 15.2. The standard InChI is InChI=1S/C10H12ClN5O2S/c1-4-8-7(5-6(2)12-13-8)9-14-15-10(16(9)3)19(11,17)18/h5H,4H2,1-3H3. The summed E-state index contributed by atoms with van der Waals surface area (Å²) >= 11 is 0. The number of hydrogen-bond donors (Lipinski definition) is 0. The Morgan fingerprint density at radius 2 is 1.95 bits per heavy atom. The molecule has 0 spiro atoms. The van der Waals surface area contributed by atoms with Crippen molar-refractivity contribution < 1.29 is 8.42 Å². The molecule has 2 aromatic heterocycles. The molecule has 0 bridgehead atoms. The summed E-state index contributed by atoms with van der Waals surface area (Å²) in [5.41, 5.74) is 2.14. The minimum absolute atomic E-state index is 0.291. The van der Waals surface area contributed by atoms with Crippen LogP contribution in [0.2, 0.25) is 0 Å². The van der Waals surface area contributed by atoms with Crippen molar-refractivity contribution in [3.8, 4) is 11.4 Å². The van der Waals surface area contributed by atoms with E-state index in [1.165, 1.54) is 4.57 Å². The van der Waals surface area contributed by atoms with Gasteiger partial charge in [0.25, 0.3) is 14.2 Å². The first kappa shape index (κ1) is 13.9. The second-order valence-electron chi connectivity index (χ2n) is 4.00. The summed E-state index contributed by atoms with van der Waals surface area (Å²) < 4.78 is 24.0. The summed E-state index contributed by atoms with van der Waals surface area (Å²) in [5.74, 6) is 0.397. The molecule has 0 saturated heterocycles. The SMILES string of the molecule is CCc1nnc(C)cc1-c1nnc(S(=O)(=O)Cl)n1C. The van der Waals surface area contributed by atoms with Gasteiger partial charge in [-0.2, -0.15) is 10.2 Å². The highest BCUT2D eigenvalue weighted by Crippen LogP contribution is 2.23. The van der Waals surface area contributed by atoms with Gasteiger partial charge in [0.15, 0.2) is 5.82 Å². The van der Waals surface area contributed by atoms with Crippen LogP contribution in [0.3, 0.4) is 0 Å². The molecule has 0 atom stereocenters. The first-order valence-corrected chi connectivity index (χ1v) is 7.83. The molecule has 19 heavy (non-hydrogen) atoms. The molecule has 9 heteroatoms. The van der Waals surface area contributed by atoms with E-state index in [0.29, 0.717) is 23.5 Å². The van der Waals surface area contributed by atoms with E-state index in [9.17, 15) is 8.42 Å². The number of aryl methyl sites for hydroxylation is 2. The molecule has 0 unspecified atom stereocenters. The molecule has 0 aliphatic carbocycles. The Balaban J connectivity index is 2.67. The van der Waals surface area contributed by atoms with Gasteiger partial charge in [-0.15, -0.1) is 10.2 Å². The Morgan fingerprint density at radius 3 is 2.47 bits per heavy atom. The quantitative estimate of drug-likeness (QED) is 0.788. The number of aromatic nitrogens is 5. The van der Waals surface area contributed by atoms with Crippen LogP contribution in [0.15, 0.2) is 11.2 Å². The molecule has 7 nitrogen and oxygen atoms in total. The zero-order valence-electron chi connectivity index (χ0n) is 10.6. The van der Waals surface area contributed by atoms with Gasteiger partial charge in [-0.05, 0) is 19.4 Å². The fraction of sp³-hybridized carbons (Fsp3) is 0.400. The molecule has 0 radical (unpaired) electrons. The van der Waals surface area contributed by atoms with Crippen molar-refractivity contribution in [2.45, 2.75) is 25.4 Å². The van der Waals surface area contributed by atoms with E-state index in [-0.39, 0.29) is 5.16 Å². The van der Waals surface area contributed by atoms with E-state index in [1.807, 2.05) is 6.92 Å². The van der Waals surface area contributed by atoms with Crippen LogP contribution in [0.25, 0.3) is 11.4 Å². The molecule has 0 saturated carbocycles. The van der Waals surface area contributed by atoms with Crippen molar-refractivity contribution >= 4 is 19.7 Å². The molecular weight excluding hydrogens is 290 g/mol. The van der Waals surface area contributed by atoms with E-state index in [2.05, 4.69) is 20.4 Å². The first-order valence-electron chi connectivity index (χ1n) is 5.52. The Hall–Kier alpha value is -1.54. The maximum absolute atomic E-state index is 11.3. The van der Waals surface area contributed by atoms with E-state index < -0.39 is 9.05 Å². The van der Waals surface area contributed by atoms with Crippen molar-refractivity contribution in [2.24, 2.45) is 7.05 Å². The molecule has 102 valence electrons. The van der Waals surface area contributed by atoms with E-state index in [4.69, 9.17) is 10.7 Å². The molecule has 0 aliphatic heterocycles. The van der Waals surface area contributed by atoms with Gasteiger partial charge in [-0.1, -0.05) is 6.92 Å². The molecule has 0 aromatic carbocycles. The van der Waals surface area contributed by atoms with E-state index in [0.717, 1.165) is 5.69 Å². The fourth-order valence-electron chi connectivity index (χ4n) is 1.73. The van der Waals surface area contributed by atoms with Crippen LogP contribution in [-0.2, 0) is 22.5 Å². The second-order valence-corrected chi connectivity index (χ2v) is 6.46. The smallest absolute Gasteiger partial charge is 0.296 e. The summed E-state index contributed by atoms with van der Waals surface area (Å²) in [4.78, 5) is 0. The van der Waals surface area contributed by atoms with Gasteiger partial charge < -0.3 is 0 Å². The van der Waals surface area contributed by atoms with Crippen LogP contribution in [0.4, 0.5) is 0 Å². The van der Waals surface area contributed by atoms with Crippen molar-refractivity contribution in [1.29, 1.82) is 0 Å². The second kappa shape index (κ2) is 4.86. The van der Waals surface area contributed by atoms with Crippen molar-refractivity contribution in [3.63, 3.8) is 0 Å². The van der Waals surface area contributed by atoms with Crippen LogP contribution < -0.4 is 0 Å². The summed E-state index contributed by atoms with van der Waals surface area (Å²) in [6, 6.07) is 1.79. The van der Waals surface area contributed by atoms with Gasteiger partial charge in [0.2, 0.25) is 0 Å². The van der Waals surface area contributed by atoms with Crippen LogP contribution >= 0.6 is 10.7 Å². The van der Waals surface area contributed by atoms with Crippen LogP contribution in [-0.4, -0.2) is 33.4 Å². The third-order valence-electron chi connectivity index (χ3n) is 2.62. The molecule has 0 aliphatic rings. The lowest BCUT2D eigenvalue weighted by Crippen LogP contribution is -2.05. The molecule has 2 aromatic rings. The highest BCUT2D eigenvalue weighted by Gasteiger charge is 2.22. The van der Waals surface area contributed by atoms with E-state index >= 15 is 0 Å². The van der Waals surface area contributed by atoms with Gasteiger partial charge in [0.05, 0.1) is 11.4 Å². The topological polar surface area (TPSA) is 90.6 Å². The van der Waals surface area contributed by atoms with Gasteiger partial charge in [0, 0.05) is 23.3 Å². The van der Waals surface area contributed by atoms with Crippen LogP contribution in [0.1, 0.15) is 18.3 Å². The fourth-order valence-corrected chi connectivity index (χ4v) is 2.69. The summed E-state index contributed by atoms with van der Waals surface area (Å²) in [6.07, 6.45) is 0.651. The van der Waals surface area contributed by atoms with E-state index in [1.54, 1.807) is 20.0 Å². The van der Waals surface area contributed by atoms with Gasteiger partial charge in [-0.25, -0.2) is 8.42 Å². The minimum atomic E-state index is -3.92. The average Bonchev–Trinajstić information content (AvgIpc) is 2.70. The van der Waals surface area contributed by atoms with Crippen molar-refractivity contribution in [1.82, 2.24) is 25.0 Å². The Kier molecular flexibility index (Phi) is 3.55. The van der Waals surface area contributed by atoms with Gasteiger partial charge >= 0.3 is 0 Å². The Labute approximate surface area is 115 Å².